The topological polar surface area (TPSA) is 21.3 Å². The van der Waals surface area contributed by atoms with Crippen LogP contribution in [0.25, 0.3) is 0 Å². The molecule has 19 heavy (non-hydrogen) atoms. The van der Waals surface area contributed by atoms with Crippen molar-refractivity contribution >= 4 is 0 Å². The molecule has 2 rings (SSSR count). The average Bonchev–Trinajstić information content (AvgIpc) is 2.88. The first kappa shape index (κ1) is 14.3. The predicted molar refractivity (Wildman–Crippen MR) is 72.1 cm³/mol. The lowest BCUT2D eigenvalue weighted by atomic mass is 9.91. The molecule has 0 spiro atoms. The van der Waals surface area contributed by atoms with E-state index in [1.54, 1.807) is 20.1 Å². The van der Waals surface area contributed by atoms with Gasteiger partial charge in [0.2, 0.25) is 0 Å². The molecule has 1 atom stereocenters. The van der Waals surface area contributed by atoms with Crippen molar-refractivity contribution in [1.82, 2.24) is 5.32 Å². The van der Waals surface area contributed by atoms with E-state index in [9.17, 15) is 8.78 Å². The van der Waals surface area contributed by atoms with Crippen molar-refractivity contribution in [3.63, 3.8) is 0 Å². The fourth-order valence-corrected chi connectivity index (χ4v) is 2.90. The number of rotatable bonds is 3. The minimum absolute atomic E-state index is 0.128. The Hall–Kier alpha value is -1.16. The van der Waals surface area contributed by atoms with Gasteiger partial charge in [-0.15, -0.1) is 0 Å². The number of aryl methyl sites for hydroxylation is 1. The molecular formula is C15H21F2NO. The van der Waals surface area contributed by atoms with Crippen molar-refractivity contribution in [3.05, 3.63) is 28.3 Å². The van der Waals surface area contributed by atoms with Crippen LogP contribution in [-0.2, 0) is 5.92 Å². The Morgan fingerprint density at radius 2 is 1.95 bits per heavy atom. The molecule has 0 bridgehead atoms. The zero-order valence-corrected chi connectivity index (χ0v) is 11.9. The molecule has 0 aromatic heterocycles. The number of halogens is 2. The van der Waals surface area contributed by atoms with E-state index in [1.165, 1.54) is 0 Å². The van der Waals surface area contributed by atoms with E-state index in [0.717, 1.165) is 17.5 Å². The Morgan fingerprint density at radius 3 is 2.47 bits per heavy atom. The van der Waals surface area contributed by atoms with Crippen LogP contribution in [0.5, 0.6) is 5.75 Å². The fourth-order valence-electron chi connectivity index (χ4n) is 2.90. The van der Waals surface area contributed by atoms with Crippen LogP contribution in [0.15, 0.2) is 6.07 Å². The second-order valence-corrected chi connectivity index (χ2v) is 5.30. The van der Waals surface area contributed by atoms with Crippen LogP contribution < -0.4 is 10.1 Å². The maximum atomic E-state index is 14.6. The van der Waals surface area contributed by atoms with Gasteiger partial charge in [-0.2, -0.15) is 8.78 Å². The average molecular weight is 269 g/mol. The van der Waals surface area contributed by atoms with Gasteiger partial charge >= 0.3 is 0 Å². The maximum absolute atomic E-state index is 14.6. The van der Waals surface area contributed by atoms with E-state index < -0.39 is 12.0 Å². The van der Waals surface area contributed by atoms with E-state index >= 15 is 0 Å². The van der Waals surface area contributed by atoms with Crippen LogP contribution in [0.4, 0.5) is 8.78 Å². The van der Waals surface area contributed by atoms with Crippen molar-refractivity contribution in [2.75, 3.05) is 13.7 Å². The molecule has 1 aromatic carbocycles. The molecule has 4 heteroatoms. The Bertz CT molecular complexity index is 480. The lowest BCUT2D eigenvalue weighted by Crippen LogP contribution is -2.39. The largest absolute Gasteiger partial charge is 0.496 e. The number of ether oxygens (including phenoxy) is 1. The minimum atomic E-state index is -2.83. The number of methoxy groups -OCH3 is 1. The highest BCUT2D eigenvalue weighted by molar-refractivity contribution is 5.50. The van der Waals surface area contributed by atoms with Gasteiger partial charge in [-0.3, -0.25) is 0 Å². The summed E-state index contributed by atoms with van der Waals surface area (Å²) in [5, 5.41) is 2.91. The molecule has 0 saturated carbocycles. The van der Waals surface area contributed by atoms with Crippen LogP contribution in [0.2, 0.25) is 0 Å². The second kappa shape index (κ2) is 5.08. The van der Waals surface area contributed by atoms with Gasteiger partial charge in [-0.05, 0) is 62.9 Å². The molecule has 106 valence electrons. The summed E-state index contributed by atoms with van der Waals surface area (Å²) in [6.07, 6.45) is 1.34. The molecule has 2 nitrogen and oxygen atoms in total. The molecule has 1 aromatic rings. The van der Waals surface area contributed by atoms with Gasteiger partial charge in [0.25, 0.3) is 5.92 Å². The predicted octanol–water partition coefficient (Wildman–Crippen LogP) is 3.46. The molecule has 0 aliphatic carbocycles. The van der Waals surface area contributed by atoms with Gasteiger partial charge in [-0.1, -0.05) is 0 Å². The summed E-state index contributed by atoms with van der Waals surface area (Å²) < 4.78 is 34.5. The van der Waals surface area contributed by atoms with Gasteiger partial charge in [0.15, 0.2) is 0 Å². The highest BCUT2D eigenvalue weighted by Crippen LogP contribution is 2.41. The SMILES string of the molecule is COc1c(C)cc(C(F)(F)C2CCCN2)c(C)c1C. The van der Waals surface area contributed by atoms with Crippen molar-refractivity contribution in [1.29, 1.82) is 0 Å². The van der Waals surface area contributed by atoms with Gasteiger partial charge in [-0.25, -0.2) is 0 Å². The number of benzene rings is 1. The Morgan fingerprint density at radius 1 is 1.26 bits per heavy atom. The molecule has 0 amide bonds. The molecule has 1 N–H and O–H groups in total. The van der Waals surface area contributed by atoms with E-state index in [2.05, 4.69) is 5.32 Å². The highest BCUT2D eigenvalue weighted by atomic mass is 19.3. The zero-order chi connectivity index (χ0) is 14.2. The quantitative estimate of drug-likeness (QED) is 0.907. The number of nitrogens with one attached hydrogen (secondary N) is 1. The van der Waals surface area contributed by atoms with E-state index in [-0.39, 0.29) is 5.56 Å². The van der Waals surface area contributed by atoms with Crippen LogP contribution in [0, 0.1) is 20.8 Å². The summed E-state index contributed by atoms with van der Waals surface area (Å²) in [5.74, 6) is -2.13. The summed E-state index contributed by atoms with van der Waals surface area (Å²) in [7, 11) is 1.57. The van der Waals surface area contributed by atoms with Crippen molar-refractivity contribution < 1.29 is 13.5 Å². The summed E-state index contributed by atoms with van der Waals surface area (Å²) in [6.45, 7) is 6.07. The molecular weight excluding hydrogens is 248 g/mol. The molecule has 1 fully saturated rings. The monoisotopic (exact) mass is 269 g/mol. The maximum Gasteiger partial charge on any atom is 0.288 e. The van der Waals surface area contributed by atoms with Crippen LogP contribution in [0.1, 0.15) is 35.1 Å². The van der Waals surface area contributed by atoms with Crippen molar-refractivity contribution in [2.24, 2.45) is 0 Å². The Kier molecular flexibility index (Phi) is 3.81. The first-order valence-corrected chi connectivity index (χ1v) is 6.66. The Balaban J connectivity index is 2.50. The van der Waals surface area contributed by atoms with Crippen molar-refractivity contribution in [2.45, 2.75) is 45.6 Å². The van der Waals surface area contributed by atoms with Crippen LogP contribution in [-0.4, -0.2) is 19.7 Å². The fraction of sp³-hybridized carbons (Fsp3) is 0.600. The summed E-state index contributed by atoms with van der Waals surface area (Å²) in [6, 6.07) is 0.819. The molecule has 1 heterocycles. The second-order valence-electron chi connectivity index (χ2n) is 5.30. The molecule has 1 unspecified atom stereocenters. The smallest absolute Gasteiger partial charge is 0.288 e. The molecule has 1 saturated heterocycles. The summed E-state index contributed by atoms with van der Waals surface area (Å²) in [4.78, 5) is 0. The van der Waals surface area contributed by atoms with Gasteiger partial charge in [0.05, 0.1) is 13.2 Å². The standard InChI is InChI=1S/C15H21F2NO/c1-9-8-12(10(2)11(3)14(9)19-4)15(16,17)13-6-5-7-18-13/h8,13,18H,5-7H2,1-4H3. The zero-order valence-electron chi connectivity index (χ0n) is 11.9. The summed E-state index contributed by atoms with van der Waals surface area (Å²) >= 11 is 0. The first-order valence-electron chi connectivity index (χ1n) is 6.66. The number of hydrogen-bond donors (Lipinski definition) is 1. The first-order chi connectivity index (χ1) is 8.89. The van der Waals surface area contributed by atoms with Crippen LogP contribution >= 0.6 is 0 Å². The normalized spacial score (nSPS) is 19.8. The van der Waals surface area contributed by atoms with E-state index in [4.69, 9.17) is 4.74 Å². The molecule has 0 radical (unpaired) electrons. The third-order valence-corrected chi connectivity index (χ3v) is 4.09. The lowest BCUT2D eigenvalue weighted by Gasteiger charge is -2.27. The minimum Gasteiger partial charge on any atom is -0.496 e. The van der Waals surface area contributed by atoms with E-state index in [1.807, 2.05) is 13.8 Å². The third kappa shape index (κ3) is 2.34. The Labute approximate surface area is 113 Å². The van der Waals surface area contributed by atoms with Gasteiger partial charge in [0.1, 0.15) is 5.75 Å². The lowest BCUT2D eigenvalue weighted by molar-refractivity contribution is -0.0383. The van der Waals surface area contributed by atoms with Crippen molar-refractivity contribution in [3.8, 4) is 5.75 Å². The molecule has 1 aliphatic heterocycles. The highest BCUT2D eigenvalue weighted by Gasteiger charge is 2.44. The van der Waals surface area contributed by atoms with Gasteiger partial charge < -0.3 is 10.1 Å². The number of hydrogen-bond acceptors (Lipinski definition) is 2. The third-order valence-electron chi connectivity index (χ3n) is 4.09. The van der Waals surface area contributed by atoms with E-state index in [0.29, 0.717) is 24.3 Å². The molecule has 1 aliphatic rings. The van der Waals surface area contributed by atoms with Gasteiger partial charge in [0, 0.05) is 5.56 Å². The summed E-state index contributed by atoms with van der Waals surface area (Å²) in [5.41, 5.74) is 2.32. The number of alkyl halides is 2. The van der Waals surface area contributed by atoms with Crippen LogP contribution in [0.3, 0.4) is 0 Å².